The summed E-state index contributed by atoms with van der Waals surface area (Å²) in [6.45, 7) is 9.90. The van der Waals surface area contributed by atoms with E-state index in [1.165, 1.54) is 0 Å². The van der Waals surface area contributed by atoms with E-state index in [-0.39, 0.29) is 5.78 Å². The van der Waals surface area contributed by atoms with Gasteiger partial charge in [-0.15, -0.1) is 0 Å². The molecule has 0 bridgehead atoms. The van der Waals surface area contributed by atoms with Gasteiger partial charge in [0, 0.05) is 30.1 Å². The summed E-state index contributed by atoms with van der Waals surface area (Å²) in [6.07, 6.45) is 0. The van der Waals surface area contributed by atoms with E-state index in [0.29, 0.717) is 6.73 Å². The van der Waals surface area contributed by atoms with Crippen molar-refractivity contribution in [2.45, 2.75) is 39.3 Å². The molecular formula is C16H21BrINO2Si. The molecule has 0 amide bonds. The molecule has 22 heavy (non-hydrogen) atoms. The SMILES string of the molecule is CC(=O)c1ccc(Br)c2cc(I)n(COCC[Si](C)(C)C)c12. The number of ketones is 1. The number of hydrogen-bond donors (Lipinski definition) is 0. The van der Waals surface area contributed by atoms with Gasteiger partial charge in [-0.05, 0) is 53.8 Å². The molecule has 0 radical (unpaired) electrons. The normalized spacial score (nSPS) is 12.1. The standard InChI is InChI=1S/C16H21BrINO2Si/c1-11(20)12-5-6-14(17)13-9-15(18)19(16(12)13)10-21-7-8-22(2,3)4/h5-6,9H,7-8,10H2,1-4H3. The second-order valence-corrected chi connectivity index (χ2v) is 14.2. The van der Waals surface area contributed by atoms with Crippen LogP contribution in [0.15, 0.2) is 22.7 Å². The number of benzene rings is 1. The van der Waals surface area contributed by atoms with Crippen molar-refractivity contribution in [3.05, 3.63) is 31.9 Å². The van der Waals surface area contributed by atoms with Crippen LogP contribution in [0.5, 0.6) is 0 Å². The van der Waals surface area contributed by atoms with Gasteiger partial charge in [0.25, 0.3) is 0 Å². The molecule has 6 heteroatoms. The van der Waals surface area contributed by atoms with Gasteiger partial charge in [-0.25, -0.2) is 0 Å². The van der Waals surface area contributed by atoms with Gasteiger partial charge in [0.05, 0.1) is 9.22 Å². The number of nitrogens with zero attached hydrogens (tertiary/aromatic N) is 1. The zero-order chi connectivity index (χ0) is 16.5. The summed E-state index contributed by atoms with van der Waals surface area (Å²) < 4.78 is 10.1. The molecule has 0 saturated heterocycles. The highest BCUT2D eigenvalue weighted by atomic mass is 127. The summed E-state index contributed by atoms with van der Waals surface area (Å²) in [6, 6.07) is 7.05. The highest BCUT2D eigenvalue weighted by molar-refractivity contribution is 14.1. The van der Waals surface area contributed by atoms with E-state index in [9.17, 15) is 4.79 Å². The van der Waals surface area contributed by atoms with E-state index in [1.807, 2.05) is 12.1 Å². The van der Waals surface area contributed by atoms with Crippen LogP contribution >= 0.6 is 38.5 Å². The fraction of sp³-hybridized carbons (Fsp3) is 0.438. The monoisotopic (exact) mass is 493 g/mol. The predicted molar refractivity (Wildman–Crippen MR) is 106 cm³/mol. The Morgan fingerprint density at radius 1 is 1.36 bits per heavy atom. The maximum absolute atomic E-state index is 11.9. The van der Waals surface area contributed by atoms with E-state index < -0.39 is 8.07 Å². The number of Topliss-reactive ketones (excluding diaryl/α,β-unsaturated/α-hetero) is 1. The molecule has 0 saturated carbocycles. The molecule has 1 heterocycles. The zero-order valence-electron chi connectivity index (χ0n) is 13.4. The number of rotatable bonds is 6. The summed E-state index contributed by atoms with van der Waals surface area (Å²) in [5.41, 5.74) is 1.70. The Labute approximate surface area is 154 Å². The van der Waals surface area contributed by atoms with E-state index in [0.717, 1.165) is 37.3 Å². The molecule has 0 fully saturated rings. The molecular weight excluding hydrogens is 473 g/mol. The average Bonchev–Trinajstić information content (AvgIpc) is 2.72. The smallest absolute Gasteiger partial charge is 0.161 e. The second-order valence-electron chi connectivity index (χ2n) is 6.66. The first-order valence-electron chi connectivity index (χ1n) is 7.26. The number of halogens is 2. The molecule has 1 aromatic heterocycles. The fourth-order valence-corrected chi connectivity index (χ4v) is 4.14. The van der Waals surface area contributed by atoms with Crippen molar-refractivity contribution in [1.82, 2.24) is 4.57 Å². The van der Waals surface area contributed by atoms with Crippen LogP contribution in [-0.2, 0) is 11.5 Å². The molecule has 2 rings (SSSR count). The first kappa shape index (κ1) is 18.2. The van der Waals surface area contributed by atoms with E-state index in [2.05, 4.69) is 68.8 Å². The Hall–Kier alpha value is -0.183. The van der Waals surface area contributed by atoms with E-state index >= 15 is 0 Å². The van der Waals surface area contributed by atoms with Crippen LogP contribution in [0.1, 0.15) is 17.3 Å². The minimum atomic E-state index is -1.08. The van der Waals surface area contributed by atoms with Crippen molar-refractivity contribution in [3.63, 3.8) is 0 Å². The number of ether oxygens (including phenoxy) is 1. The molecule has 0 spiro atoms. The third-order valence-electron chi connectivity index (χ3n) is 3.55. The molecule has 0 aliphatic carbocycles. The maximum atomic E-state index is 11.9. The Kier molecular flexibility index (Phi) is 5.90. The molecule has 0 aliphatic heterocycles. The van der Waals surface area contributed by atoms with Crippen molar-refractivity contribution in [3.8, 4) is 0 Å². The summed E-state index contributed by atoms with van der Waals surface area (Å²) in [5, 5.41) is 1.06. The number of carbonyl (C=O) groups is 1. The van der Waals surface area contributed by atoms with Crippen LogP contribution in [0.25, 0.3) is 10.9 Å². The topological polar surface area (TPSA) is 31.2 Å². The lowest BCUT2D eigenvalue weighted by Gasteiger charge is -2.16. The van der Waals surface area contributed by atoms with Gasteiger partial charge in [0.15, 0.2) is 5.78 Å². The largest absolute Gasteiger partial charge is 0.361 e. The van der Waals surface area contributed by atoms with Gasteiger partial charge in [-0.1, -0.05) is 35.6 Å². The van der Waals surface area contributed by atoms with Gasteiger partial charge in [0.1, 0.15) is 6.73 Å². The van der Waals surface area contributed by atoms with Gasteiger partial charge >= 0.3 is 0 Å². The average molecular weight is 494 g/mol. The summed E-state index contributed by atoms with van der Waals surface area (Å²) in [4.78, 5) is 11.9. The van der Waals surface area contributed by atoms with Gasteiger partial charge in [-0.3, -0.25) is 4.79 Å². The fourth-order valence-electron chi connectivity index (χ4n) is 2.26. The summed E-state index contributed by atoms with van der Waals surface area (Å²) in [7, 11) is -1.08. The first-order chi connectivity index (χ1) is 10.2. The Bertz CT molecular complexity index is 706. The molecule has 1 aromatic carbocycles. The van der Waals surface area contributed by atoms with E-state index in [1.54, 1.807) is 6.92 Å². The number of carbonyl (C=O) groups excluding carboxylic acids is 1. The quantitative estimate of drug-likeness (QED) is 0.229. The van der Waals surface area contributed by atoms with Crippen LogP contribution in [-0.4, -0.2) is 25.0 Å². The van der Waals surface area contributed by atoms with Crippen molar-refractivity contribution < 1.29 is 9.53 Å². The highest BCUT2D eigenvalue weighted by Gasteiger charge is 2.17. The predicted octanol–water partition coefficient (Wildman–Crippen LogP) is 5.52. The van der Waals surface area contributed by atoms with Crippen LogP contribution < -0.4 is 0 Å². The summed E-state index contributed by atoms with van der Waals surface area (Å²) in [5.74, 6) is 0.0790. The molecule has 2 aromatic rings. The number of aromatic nitrogens is 1. The van der Waals surface area contributed by atoms with E-state index in [4.69, 9.17) is 4.74 Å². The molecule has 3 nitrogen and oxygen atoms in total. The van der Waals surface area contributed by atoms with Crippen LogP contribution in [0, 0.1) is 3.70 Å². The van der Waals surface area contributed by atoms with Crippen molar-refractivity contribution >= 4 is 63.3 Å². The van der Waals surface area contributed by atoms with Crippen LogP contribution in [0.4, 0.5) is 0 Å². The van der Waals surface area contributed by atoms with Crippen LogP contribution in [0.2, 0.25) is 25.7 Å². The molecule has 0 unspecified atom stereocenters. The second kappa shape index (κ2) is 7.15. The molecule has 0 atom stereocenters. The van der Waals surface area contributed by atoms with Gasteiger partial charge < -0.3 is 9.30 Å². The Morgan fingerprint density at radius 2 is 2.05 bits per heavy atom. The Morgan fingerprint density at radius 3 is 2.64 bits per heavy atom. The number of hydrogen-bond acceptors (Lipinski definition) is 2. The lowest BCUT2D eigenvalue weighted by molar-refractivity contribution is 0.0884. The molecule has 120 valence electrons. The molecule has 0 aliphatic rings. The van der Waals surface area contributed by atoms with Crippen molar-refractivity contribution in [1.29, 1.82) is 0 Å². The van der Waals surface area contributed by atoms with Gasteiger partial charge in [-0.2, -0.15) is 0 Å². The van der Waals surface area contributed by atoms with Crippen molar-refractivity contribution in [2.75, 3.05) is 6.61 Å². The van der Waals surface area contributed by atoms with Crippen LogP contribution in [0.3, 0.4) is 0 Å². The zero-order valence-corrected chi connectivity index (χ0v) is 18.1. The highest BCUT2D eigenvalue weighted by Crippen LogP contribution is 2.31. The molecule has 0 N–H and O–H groups in total. The third kappa shape index (κ3) is 4.21. The minimum Gasteiger partial charge on any atom is -0.361 e. The first-order valence-corrected chi connectivity index (χ1v) is 12.8. The minimum absolute atomic E-state index is 0.0790. The third-order valence-corrected chi connectivity index (χ3v) is 6.84. The summed E-state index contributed by atoms with van der Waals surface area (Å²) >= 11 is 5.87. The van der Waals surface area contributed by atoms with Gasteiger partial charge in [0.2, 0.25) is 0 Å². The lowest BCUT2D eigenvalue weighted by atomic mass is 10.1. The maximum Gasteiger partial charge on any atom is 0.161 e. The van der Waals surface area contributed by atoms with Crippen molar-refractivity contribution in [2.24, 2.45) is 0 Å². The Balaban J connectivity index is 2.31. The number of fused-ring (bicyclic) bond motifs is 1. The lowest BCUT2D eigenvalue weighted by Crippen LogP contribution is -2.22.